The Hall–Kier alpha value is -2.41. The number of nitrogens with zero attached hydrogens (tertiary/aromatic N) is 1. The van der Waals surface area contributed by atoms with E-state index in [0.717, 1.165) is 5.70 Å². The molecule has 2 aromatic carbocycles. The summed E-state index contributed by atoms with van der Waals surface area (Å²) in [5.74, 6) is 0. The zero-order valence-corrected chi connectivity index (χ0v) is 9.93. The van der Waals surface area contributed by atoms with Crippen LogP contribution in [0.25, 0.3) is 27.7 Å². The van der Waals surface area contributed by atoms with Crippen molar-refractivity contribution in [2.24, 2.45) is 0 Å². The highest BCUT2D eigenvalue weighted by atomic mass is 15.0. The minimum atomic E-state index is 1.06. The third kappa shape index (κ3) is 1.08. The summed E-state index contributed by atoms with van der Waals surface area (Å²) in [7, 11) is 0. The molecule has 4 rings (SSSR count). The number of hydrogen-bond donors (Lipinski definition) is 0. The smallest absolute Gasteiger partial charge is 0.159 e. The molecule has 1 heteroatoms. The van der Waals surface area contributed by atoms with E-state index in [9.17, 15) is 0 Å². The van der Waals surface area contributed by atoms with Gasteiger partial charge in [-0.15, -0.1) is 0 Å². The van der Waals surface area contributed by atoms with Crippen LogP contribution in [0.1, 0.15) is 5.56 Å². The topological polar surface area (TPSA) is 3.88 Å². The molecule has 0 aliphatic carbocycles. The van der Waals surface area contributed by atoms with Gasteiger partial charge in [0.15, 0.2) is 6.20 Å². The van der Waals surface area contributed by atoms with Crippen molar-refractivity contribution in [1.29, 1.82) is 0 Å². The van der Waals surface area contributed by atoms with Gasteiger partial charge in [0.2, 0.25) is 11.4 Å². The van der Waals surface area contributed by atoms with Crippen molar-refractivity contribution >= 4 is 16.5 Å². The van der Waals surface area contributed by atoms with Gasteiger partial charge in [0, 0.05) is 6.07 Å². The fraction of sp³-hybridized carbons (Fsp3) is 0. The summed E-state index contributed by atoms with van der Waals surface area (Å²) in [4.78, 5) is 0. The van der Waals surface area contributed by atoms with Crippen LogP contribution in [0.3, 0.4) is 0 Å². The van der Waals surface area contributed by atoms with Crippen molar-refractivity contribution in [3.63, 3.8) is 0 Å². The first-order chi connectivity index (χ1) is 8.86. The van der Waals surface area contributed by atoms with E-state index < -0.39 is 0 Å². The van der Waals surface area contributed by atoms with E-state index in [-0.39, 0.29) is 0 Å². The maximum absolute atomic E-state index is 4.21. The molecule has 0 saturated heterocycles. The second kappa shape index (κ2) is 3.30. The summed E-state index contributed by atoms with van der Waals surface area (Å²) >= 11 is 0. The Morgan fingerprint density at radius 1 is 0.778 bits per heavy atom. The van der Waals surface area contributed by atoms with E-state index in [4.69, 9.17) is 0 Å². The van der Waals surface area contributed by atoms with Crippen molar-refractivity contribution in [2.45, 2.75) is 0 Å². The zero-order chi connectivity index (χ0) is 12.1. The standard InChI is InChI=1S/C17H12N/c1-12-14-7-4-5-9-16(14)17-15-8-3-2-6-13(15)10-11-18(12)17/h2-11H,1H2/q+1. The second-order valence-corrected chi connectivity index (χ2v) is 4.61. The van der Waals surface area contributed by atoms with Crippen molar-refractivity contribution < 1.29 is 4.57 Å². The quantitative estimate of drug-likeness (QED) is 0.406. The van der Waals surface area contributed by atoms with Crippen molar-refractivity contribution in [3.8, 4) is 11.3 Å². The summed E-state index contributed by atoms with van der Waals surface area (Å²) in [6.07, 6.45) is 2.11. The predicted octanol–water partition coefficient (Wildman–Crippen LogP) is 3.63. The van der Waals surface area contributed by atoms with Crippen LogP contribution in [0.2, 0.25) is 0 Å². The minimum Gasteiger partial charge on any atom is -0.159 e. The summed E-state index contributed by atoms with van der Waals surface area (Å²) in [6.45, 7) is 4.21. The highest BCUT2D eigenvalue weighted by Crippen LogP contribution is 2.35. The molecule has 0 atom stereocenters. The Morgan fingerprint density at radius 2 is 1.50 bits per heavy atom. The van der Waals surface area contributed by atoms with Crippen molar-refractivity contribution in [3.05, 3.63) is 72.9 Å². The Balaban J connectivity index is 2.23. The molecule has 1 aromatic heterocycles. The zero-order valence-electron chi connectivity index (χ0n) is 9.93. The number of fused-ring (bicyclic) bond motifs is 5. The van der Waals surface area contributed by atoms with Gasteiger partial charge in [-0.1, -0.05) is 30.3 Å². The number of benzene rings is 2. The van der Waals surface area contributed by atoms with Gasteiger partial charge in [-0.05, 0) is 30.2 Å². The summed E-state index contributed by atoms with van der Waals surface area (Å²) in [5.41, 5.74) is 4.83. The van der Waals surface area contributed by atoms with Crippen LogP contribution in [0.4, 0.5) is 0 Å². The summed E-state index contributed by atoms with van der Waals surface area (Å²) in [5, 5.41) is 2.55. The number of hydrogen-bond acceptors (Lipinski definition) is 0. The molecule has 0 radical (unpaired) electrons. The molecule has 1 aliphatic rings. The third-order valence-corrected chi connectivity index (χ3v) is 3.64. The van der Waals surface area contributed by atoms with Crippen LogP contribution in [0.5, 0.6) is 0 Å². The van der Waals surface area contributed by atoms with E-state index >= 15 is 0 Å². The first-order valence-corrected chi connectivity index (χ1v) is 6.09. The fourth-order valence-corrected chi connectivity index (χ4v) is 2.79. The van der Waals surface area contributed by atoms with E-state index in [1.54, 1.807) is 0 Å². The molecule has 18 heavy (non-hydrogen) atoms. The van der Waals surface area contributed by atoms with Gasteiger partial charge >= 0.3 is 0 Å². The molecule has 0 N–H and O–H groups in total. The highest BCUT2D eigenvalue weighted by molar-refractivity contribution is 5.97. The molecule has 2 heterocycles. The minimum absolute atomic E-state index is 1.06. The Labute approximate surface area is 106 Å². The van der Waals surface area contributed by atoms with E-state index in [1.165, 1.54) is 27.6 Å². The molecule has 0 spiro atoms. The lowest BCUT2D eigenvalue weighted by molar-refractivity contribution is -0.561. The summed E-state index contributed by atoms with van der Waals surface area (Å²) in [6, 6.07) is 19.1. The average molecular weight is 230 g/mol. The maximum atomic E-state index is 4.21. The highest BCUT2D eigenvalue weighted by Gasteiger charge is 2.31. The molecule has 0 fully saturated rings. The molecular weight excluding hydrogens is 218 g/mol. The Morgan fingerprint density at radius 3 is 2.39 bits per heavy atom. The van der Waals surface area contributed by atoms with Gasteiger partial charge < -0.3 is 0 Å². The molecule has 0 saturated carbocycles. The molecule has 1 nitrogen and oxygen atoms in total. The monoisotopic (exact) mass is 230 g/mol. The lowest BCUT2D eigenvalue weighted by Gasteiger charge is -1.99. The Bertz CT molecular complexity index is 800. The van der Waals surface area contributed by atoms with Crippen molar-refractivity contribution in [1.82, 2.24) is 0 Å². The van der Waals surface area contributed by atoms with Crippen LogP contribution in [0.15, 0.2) is 67.4 Å². The predicted molar refractivity (Wildman–Crippen MR) is 74.0 cm³/mol. The van der Waals surface area contributed by atoms with E-state index in [2.05, 4.69) is 71.9 Å². The van der Waals surface area contributed by atoms with Crippen molar-refractivity contribution in [2.75, 3.05) is 0 Å². The lowest BCUT2D eigenvalue weighted by Crippen LogP contribution is -2.29. The van der Waals surface area contributed by atoms with Gasteiger partial charge in [-0.25, -0.2) is 0 Å². The molecule has 1 aliphatic heterocycles. The van der Waals surface area contributed by atoms with Crippen LogP contribution < -0.4 is 4.57 Å². The van der Waals surface area contributed by atoms with Crippen LogP contribution >= 0.6 is 0 Å². The maximum Gasteiger partial charge on any atom is 0.227 e. The van der Waals surface area contributed by atoms with E-state index in [1.807, 2.05) is 0 Å². The number of pyridine rings is 1. The summed E-state index contributed by atoms with van der Waals surface area (Å²) < 4.78 is 2.19. The van der Waals surface area contributed by atoms with Crippen LogP contribution in [-0.2, 0) is 0 Å². The number of rotatable bonds is 0. The molecule has 84 valence electrons. The molecular formula is C17H12N+. The number of aromatic nitrogens is 1. The molecule has 3 aromatic rings. The van der Waals surface area contributed by atoms with Crippen LogP contribution in [0, 0.1) is 0 Å². The normalized spacial score (nSPS) is 12.6. The lowest BCUT2D eigenvalue weighted by atomic mass is 10.0. The average Bonchev–Trinajstić information content (AvgIpc) is 2.73. The van der Waals surface area contributed by atoms with Gasteiger partial charge in [-0.3, -0.25) is 0 Å². The molecule has 0 unspecified atom stereocenters. The first kappa shape index (κ1) is 9.60. The van der Waals surface area contributed by atoms with E-state index in [0.29, 0.717) is 0 Å². The fourth-order valence-electron chi connectivity index (χ4n) is 2.79. The molecule has 0 amide bonds. The SMILES string of the molecule is C=C1c2ccccc2-c2c3ccccc3cc[n+]21. The first-order valence-electron chi connectivity index (χ1n) is 6.09. The largest absolute Gasteiger partial charge is 0.227 e. The molecule has 0 bridgehead atoms. The van der Waals surface area contributed by atoms with Gasteiger partial charge in [0.25, 0.3) is 0 Å². The van der Waals surface area contributed by atoms with Gasteiger partial charge in [0.05, 0.1) is 16.5 Å². The Kier molecular flexibility index (Phi) is 1.76. The van der Waals surface area contributed by atoms with Crippen LogP contribution in [-0.4, -0.2) is 0 Å². The third-order valence-electron chi connectivity index (χ3n) is 3.64. The van der Waals surface area contributed by atoms with Gasteiger partial charge in [0.1, 0.15) is 0 Å². The second-order valence-electron chi connectivity index (χ2n) is 4.61. The van der Waals surface area contributed by atoms with Gasteiger partial charge in [-0.2, -0.15) is 4.57 Å².